The van der Waals surface area contributed by atoms with E-state index in [0.29, 0.717) is 5.92 Å². The van der Waals surface area contributed by atoms with Gasteiger partial charge in [0, 0.05) is 10.4 Å². The first-order valence-electron chi connectivity index (χ1n) is 4.85. The van der Waals surface area contributed by atoms with Gasteiger partial charge in [0.1, 0.15) is 5.75 Å². The molecule has 80 valence electrons. The van der Waals surface area contributed by atoms with Crippen LogP contribution < -0.4 is 10.1 Å². The molecule has 2 rings (SSSR count). The standard InChI is InChI=1S/C11H12BrNOS/c1-14-8-4-5-10(9(12)6-8)13-11(15)7-2-3-7/h4-7H,2-3H2,1H3,(H,13,15). The van der Waals surface area contributed by atoms with Crippen LogP contribution in [0.15, 0.2) is 22.7 Å². The van der Waals surface area contributed by atoms with E-state index in [-0.39, 0.29) is 0 Å². The number of hydrogen-bond donors (Lipinski definition) is 1. The number of halogens is 1. The number of hydrogen-bond acceptors (Lipinski definition) is 2. The lowest BCUT2D eigenvalue weighted by molar-refractivity contribution is 0.414. The van der Waals surface area contributed by atoms with E-state index >= 15 is 0 Å². The second-order valence-electron chi connectivity index (χ2n) is 3.61. The first-order valence-corrected chi connectivity index (χ1v) is 6.05. The second-order valence-corrected chi connectivity index (χ2v) is 4.90. The molecule has 0 saturated heterocycles. The van der Waals surface area contributed by atoms with E-state index in [1.165, 1.54) is 12.8 Å². The van der Waals surface area contributed by atoms with Crippen LogP contribution in [-0.4, -0.2) is 12.1 Å². The van der Waals surface area contributed by atoms with Crippen molar-refractivity contribution in [3.63, 3.8) is 0 Å². The van der Waals surface area contributed by atoms with Crippen LogP contribution in [0.3, 0.4) is 0 Å². The summed E-state index contributed by atoms with van der Waals surface area (Å²) in [5.74, 6) is 1.43. The maximum absolute atomic E-state index is 5.28. The highest BCUT2D eigenvalue weighted by molar-refractivity contribution is 9.10. The van der Waals surface area contributed by atoms with Crippen LogP contribution in [0.2, 0.25) is 0 Å². The number of methoxy groups -OCH3 is 1. The van der Waals surface area contributed by atoms with Gasteiger partial charge in [-0.05, 0) is 47.0 Å². The molecule has 0 atom stereocenters. The largest absolute Gasteiger partial charge is 0.497 e. The van der Waals surface area contributed by atoms with Crippen LogP contribution in [0.5, 0.6) is 5.75 Å². The normalized spacial score (nSPS) is 14.8. The van der Waals surface area contributed by atoms with Gasteiger partial charge in [-0.3, -0.25) is 0 Å². The molecule has 0 spiro atoms. The Kier molecular flexibility index (Phi) is 3.26. The highest BCUT2D eigenvalue weighted by atomic mass is 79.9. The fourth-order valence-corrected chi connectivity index (χ4v) is 2.11. The molecule has 0 unspecified atom stereocenters. The number of nitrogens with one attached hydrogen (secondary N) is 1. The Balaban J connectivity index is 2.10. The van der Waals surface area contributed by atoms with Gasteiger partial charge in [0.2, 0.25) is 0 Å². The summed E-state index contributed by atoms with van der Waals surface area (Å²) in [5.41, 5.74) is 1.01. The first-order chi connectivity index (χ1) is 7.20. The molecule has 0 aromatic heterocycles. The molecule has 0 heterocycles. The molecule has 15 heavy (non-hydrogen) atoms. The molecular weight excluding hydrogens is 274 g/mol. The molecular formula is C11H12BrNOS. The maximum Gasteiger partial charge on any atom is 0.120 e. The maximum atomic E-state index is 5.28. The zero-order chi connectivity index (χ0) is 10.8. The minimum Gasteiger partial charge on any atom is -0.497 e. The summed E-state index contributed by atoms with van der Waals surface area (Å²) < 4.78 is 6.10. The number of rotatable bonds is 3. The Bertz CT molecular complexity index is 390. The summed E-state index contributed by atoms with van der Waals surface area (Å²) in [5, 5.41) is 3.25. The third kappa shape index (κ3) is 2.69. The lowest BCUT2D eigenvalue weighted by Gasteiger charge is -2.10. The van der Waals surface area contributed by atoms with Gasteiger partial charge >= 0.3 is 0 Å². The van der Waals surface area contributed by atoms with Gasteiger partial charge in [-0.15, -0.1) is 0 Å². The second kappa shape index (κ2) is 4.49. The van der Waals surface area contributed by atoms with Gasteiger partial charge in [0.25, 0.3) is 0 Å². The quantitative estimate of drug-likeness (QED) is 0.858. The zero-order valence-electron chi connectivity index (χ0n) is 8.42. The van der Waals surface area contributed by atoms with Gasteiger partial charge in [-0.25, -0.2) is 0 Å². The molecule has 2 nitrogen and oxygen atoms in total. The SMILES string of the molecule is COc1ccc(NC(=S)C2CC2)c(Br)c1. The van der Waals surface area contributed by atoms with Crippen molar-refractivity contribution in [2.75, 3.05) is 12.4 Å². The van der Waals surface area contributed by atoms with E-state index in [4.69, 9.17) is 17.0 Å². The number of ether oxygens (including phenoxy) is 1. The molecule has 0 amide bonds. The van der Waals surface area contributed by atoms with Crippen molar-refractivity contribution in [3.05, 3.63) is 22.7 Å². The van der Waals surface area contributed by atoms with Gasteiger partial charge < -0.3 is 10.1 Å². The Morgan fingerprint density at radius 3 is 2.80 bits per heavy atom. The smallest absolute Gasteiger partial charge is 0.120 e. The van der Waals surface area contributed by atoms with Crippen molar-refractivity contribution in [3.8, 4) is 5.75 Å². The van der Waals surface area contributed by atoms with Crippen molar-refractivity contribution in [2.24, 2.45) is 5.92 Å². The number of thiocarbonyl (C=S) groups is 1. The molecule has 1 aliphatic rings. The van der Waals surface area contributed by atoms with Gasteiger partial charge in [0.15, 0.2) is 0 Å². The fraction of sp³-hybridized carbons (Fsp3) is 0.364. The van der Waals surface area contributed by atoms with Crippen molar-refractivity contribution >= 4 is 38.8 Å². The Hall–Kier alpha value is -0.610. The third-order valence-corrected chi connectivity index (χ3v) is 3.47. The molecule has 4 heteroatoms. The monoisotopic (exact) mass is 285 g/mol. The zero-order valence-corrected chi connectivity index (χ0v) is 10.8. The molecule has 0 radical (unpaired) electrons. The molecule has 0 aliphatic heterocycles. The van der Waals surface area contributed by atoms with E-state index in [1.807, 2.05) is 18.2 Å². The molecule has 1 aliphatic carbocycles. The molecule has 1 saturated carbocycles. The average Bonchev–Trinajstić information content (AvgIpc) is 3.04. The van der Waals surface area contributed by atoms with E-state index in [1.54, 1.807) is 7.11 Å². The lowest BCUT2D eigenvalue weighted by Crippen LogP contribution is -2.11. The van der Waals surface area contributed by atoms with Crippen LogP contribution in [0, 0.1) is 5.92 Å². The summed E-state index contributed by atoms with van der Waals surface area (Å²) in [4.78, 5) is 0.945. The van der Waals surface area contributed by atoms with Crippen molar-refractivity contribution in [2.45, 2.75) is 12.8 Å². The van der Waals surface area contributed by atoms with E-state index in [9.17, 15) is 0 Å². The molecule has 0 bridgehead atoms. The van der Waals surface area contributed by atoms with Gasteiger partial charge in [-0.2, -0.15) is 0 Å². The summed E-state index contributed by atoms with van der Waals surface area (Å²) in [6.45, 7) is 0. The van der Waals surface area contributed by atoms with Crippen LogP contribution in [0.1, 0.15) is 12.8 Å². The number of benzene rings is 1. The molecule has 1 aromatic carbocycles. The lowest BCUT2D eigenvalue weighted by atomic mass is 10.3. The van der Waals surface area contributed by atoms with Gasteiger partial charge in [0.05, 0.1) is 17.8 Å². The predicted molar refractivity (Wildman–Crippen MR) is 69.6 cm³/mol. The van der Waals surface area contributed by atoms with Crippen molar-refractivity contribution in [1.29, 1.82) is 0 Å². The molecule has 1 aromatic rings. The fourth-order valence-electron chi connectivity index (χ4n) is 1.30. The summed E-state index contributed by atoms with van der Waals surface area (Å²) in [6.07, 6.45) is 2.44. The topological polar surface area (TPSA) is 21.3 Å². The van der Waals surface area contributed by atoms with Gasteiger partial charge in [-0.1, -0.05) is 12.2 Å². The Labute approximate surface area is 103 Å². The van der Waals surface area contributed by atoms with E-state index < -0.39 is 0 Å². The summed E-state index contributed by atoms with van der Waals surface area (Å²) in [6, 6.07) is 5.82. The molecule has 1 N–H and O–H groups in total. The highest BCUT2D eigenvalue weighted by Gasteiger charge is 2.26. The van der Waals surface area contributed by atoms with Crippen LogP contribution in [-0.2, 0) is 0 Å². The summed E-state index contributed by atoms with van der Waals surface area (Å²) >= 11 is 8.76. The number of anilines is 1. The van der Waals surface area contributed by atoms with Crippen molar-refractivity contribution in [1.82, 2.24) is 0 Å². The van der Waals surface area contributed by atoms with Crippen LogP contribution in [0.25, 0.3) is 0 Å². The highest BCUT2D eigenvalue weighted by Crippen LogP contribution is 2.33. The first kappa shape index (κ1) is 10.9. The predicted octanol–water partition coefficient (Wildman–Crippen LogP) is 3.61. The van der Waals surface area contributed by atoms with Crippen LogP contribution in [0.4, 0.5) is 5.69 Å². The Morgan fingerprint density at radius 1 is 1.53 bits per heavy atom. The van der Waals surface area contributed by atoms with E-state index in [0.717, 1.165) is 20.9 Å². The third-order valence-electron chi connectivity index (χ3n) is 2.38. The van der Waals surface area contributed by atoms with Crippen LogP contribution >= 0.6 is 28.1 Å². The minimum absolute atomic E-state index is 0.592. The van der Waals surface area contributed by atoms with Crippen molar-refractivity contribution < 1.29 is 4.74 Å². The minimum atomic E-state index is 0.592. The van der Waals surface area contributed by atoms with E-state index in [2.05, 4.69) is 21.2 Å². The average molecular weight is 286 g/mol. The molecule has 1 fully saturated rings. The Morgan fingerprint density at radius 2 is 2.27 bits per heavy atom. The summed E-state index contributed by atoms with van der Waals surface area (Å²) in [7, 11) is 1.66.